The average Bonchev–Trinajstić information content (AvgIpc) is 2.65. The fourth-order valence-corrected chi connectivity index (χ4v) is 4.17. The highest BCUT2D eigenvalue weighted by Gasteiger charge is 2.30. The lowest BCUT2D eigenvalue weighted by Crippen LogP contribution is -2.55. The lowest BCUT2D eigenvalue weighted by atomic mass is 9.79. The molecule has 0 aromatic heterocycles. The van der Waals surface area contributed by atoms with Gasteiger partial charge in [-0.2, -0.15) is 0 Å². The highest BCUT2D eigenvalue weighted by atomic mass is 35.5. The smallest absolute Gasteiger partial charge is 0.242 e. The van der Waals surface area contributed by atoms with Crippen molar-refractivity contribution in [2.24, 2.45) is 23.5 Å². The first-order valence-corrected chi connectivity index (χ1v) is 10.3. The van der Waals surface area contributed by atoms with E-state index in [-0.39, 0.29) is 49.1 Å². The Morgan fingerprint density at radius 2 is 1.50 bits per heavy atom. The summed E-state index contributed by atoms with van der Waals surface area (Å²) in [6, 6.07) is 0.131. The lowest BCUT2D eigenvalue weighted by Gasteiger charge is -2.42. The zero-order valence-electron chi connectivity index (χ0n) is 17.9. The van der Waals surface area contributed by atoms with Crippen molar-refractivity contribution in [3.63, 3.8) is 0 Å². The summed E-state index contributed by atoms with van der Waals surface area (Å²) in [5.74, 6) is 1.50. The second-order valence-corrected chi connectivity index (χ2v) is 8.72. The minimum Gasteiger partial charge on any atom is -0.346 e. The molecule has 0 unspecified atom stereocenters. The highest BCUT2D eigenvalue weighted by Crippen LogP contribution is 2.32. The molecule has 28 heavy (non-hydrogen) atoms. The van der Waals surface area contributed by atoms with Gasteiger partial charge in [-0.3, -0.25) is 14.5 Å². The van der Waals surface area contributed by atoms with E-state index < -0.39 is 6.04 Å². The number of piperazine rings is 1. The van der Waals surface area contributed by atoms with Crippen molar-refractivity contribution in [3.05, 3.63) is 0 Å². The second kappa shape index (κ2) is 12.9. The van der Waals surface area contributed by atoms with Crippen molar-refractivity contribution in [2.45, 2.75) is 65.5 Å². The van der Waals surface area contributed by atoms with Crippen molar-refractivity contribution in [3.8, 4) is 0 Å². The summed E-state index contributed by atoms with van der Waals surface area (Å²) in [4.78, 5) is 28.7. The molecule has 0 aromatic rings. The van der Waals surface area contributed by atoms with Gasteiger partial charge in [-0.25, -0.2) is 0 Å². The number of nitrogens with two attached hydrogens (primary N) is 1. The molecule has 1 atom stereocenters. The van der Waals surface area contributed by atoms with Crippen molar-refractivity contribution >= 4 is 36.6 Å². The van der Waals surface area contributed by atoms with E-state index in [0.29, 0.717) is 6.04 Å². The van der Waals surface area contributed by atoms with Gasteiger partial charge in [0.2, 0.25) is 11.8 Å². The molecule has 1 heterocycles. The maximum Gasteiger partial charge on any atom is 0.242 e. The van der Waals surface area contributed by atoms with Gasteiger partial charge >= 0.3 is 0 Å². The van der Waals surface area contributed by atoms with Gasteiger partial charge in [0.1, 0.15) is 0 Å². The minimum absolute atomic E-state index is 0. The number of amides is 2. The van der Waals surface area contributed by atoms with Gasteiger partial charge in [0.25, 0.3) is 0 Å². The molecule has 3 N–H and O–H groups in total. The molecule has 1 saturated carbocycles. The maximum atomic E-state index is 12.3. The Balaban J connectivity index is 0.00000364. The number of carbonyl (C=O) groups is 2. The normalized spacial score (nSPS) is 24.3. The van der Waals surface area contributed by atoms with Gasteiger partial charge in [0.05, 0.1) is 12.6 Å². The predicted octanol–water partition coefficient (Wildman–Crippen LogP) is 2.29. The first kappa shape index (κ1) is 27.4. The maximum absolute atomic E-state index is 12.3. The Kier molecular flexibility index (Phi) is 12.6. The predicted molar refractivity (Wildman–Crippen MR) is 119 cm³/mol. The molecule has 2 amide bonds. The number of hydrogen-bond acceptors (Lipinski definition) is 4. The van der Waals surface area contributed by atoms with E-state index in [9.17, 15) is 9.59 Å². The Morgan fingerprint density at radius 3 is 1.96 bits per heavy atom. The van der Waals surface area contributed by atoms with Crippen molar-refractivity contribution in [1.82, 2.24) is 15.1 Å². The fraction of sp³-hybridized carbons (Fsp3) is 0.900. The van der Waals surface area contributed by atoms with Crippen LogP contribution in [0.5, 0.6) is 0 Å². The molecule has 0 spiro atoms. The average molecular weight is 439 g/mol. The molecule has 2 fully saturated rings. The number of halogens is 2. The van der Waals surface area contributed by atoms with Gasteiger partial charge in [-0.1, -0.05) is 27.7 Å². The number of carbonyl (C=O) groups excluding carboxylic acids is 2. The van der Waals surface area contributed by atoms with Crippen LogP contribution in [0, 0.1) is 17.8 Å². The molecular formula is C20H40Cl2N4O2. The molecule has 166 valence electrons. The Hall–Kier alpha value is -0.560. The van der Waals surface area contributed by atoms with Gasteiger partial charge in [0.15, 0.2) is 0 Å². The van der Waals surface area contributed by atoms with Gasteiger partial charge in [0, 0.05) is 32.2 Å². The van der Waals surface area contributed by atoms with Crippen LogP contribution < -0.4 is 11.1 Å². The Morgan fingerprint density at radius 1 is 0.964 bits per heavy atom. The van der Waals surface area contributed by atoms with Gasteiger partial charge in [-0.15, -0.1) is 24.8 Å². The van der Waals surface area contributed by atoms with Crippen LogP contribution in [0.25, 0.3) is 0 Å². The van der Waals surface area contributed by atoms with E-state index in [2.05, 4.69) is 24.1 Å². The largest absolute Gasteiger partial charge is 0.346 e. The monoisotopic (exact) mass is 438 g/mol. The van der Waals surface area contributed by atoms with Crippen LogP contribution >= 0.6 is 24.8 Å². The summed E-state index contributed by atoms with van der Waals surface area (Å²) in [6.45, 7) is 11.9. The molecule has 0 aromatic carbocycles. The van der Waals surface area contributed by atoms with Gasteiger partial charge < -0.3 is 16.0 Å². The SMILES string of the molecule is CC(C)C1CCC(N2CCN(C(=O)CNC(=O)[C@@H](N)C(C)C)CC2)CC1.Cl.Cl. The molecule has 1 saturated heterocycles. The minimum atomic E-state index is -0.555. The molecule has 6 nitrogen and oxygen atoms in total. The topological polar surface area (TPSA) is 78.7 Å². The number of nitrogens with one attached hydrogen (secondary N) is 1. The van der Waals surface area contributed by atoms with Crippen LogP contribution in [0.2, 0.25) is 0 Å². The van der Waals surface area contributed by atoms with E-state index >= 15 is 0 Å². The van der Waals surface area contributed by atoms with Crippen LogP contribution in [-0.2, 0) is 9.59 Å². The van der Waals surface area contributed by atoms with Crippen molar-refractivity contribution in [2.75, 3.05) is 32.7 Å². The van der Waals surface area contributed by atoms with E-state index in [0.717, 1.165) is 38.0 Å². The van der Waals surface area contributed by atoms with Crippen LogP contribution in [-0.4, -0.2) is 66.4 Å². The third kappa shape index (κ3) is 7.69. The summed E-state index contributed by atoms with van der Waals surface area (Å²) in [5, 5.41) is 2.68. The van der Waals surface area contributed by atoms with Crippen molar-refractivity contribution in [1.29, 1.82) is 0 Å². The standard InChI is InChI=1S/C20H38N4O2.2ClH/c1-14(2)16-5-7-17(8-6-16)23-9-11-24(12-10-23)18(25)13-22-20(26)19(21)15(3)4;;/h14-17,19H,5-13,21H2,1-4H3,(H,22,26);2*1H/t16?,17?,19-;;/m0../s1. The number of rotatable bonds is 6. The second-order valence-electron chi connectivity index (χ2n) is 8.72. The number of hydrogen-bond donors (Lipinski definition) is 2. The molecular weight excluding hydrogens is 399 g/mol. The summed E-state index contributed by atoms with van der Waals surface area (Å²) in [5.41, 5.74) is 5.81. The van der Waals surface area contributed by atoms with E-state index in [1.807, 2.05) is 18.7 Å². The van der Waals surface area contributed by atoms with Crippen LogP contribution in [0.1, 0.15) is 53.4 Å². The molecule has 2 rings (SSSR count). The van der Waals surface area contributed by atoms with Crippen molar-refractivity contribution < 1.29 is 9.59 Å². The van der Waals surface area contributed by atoms with E-state index in [1.165, 1.54) is 25.7 Å². The fourth-order valence-electron chi connectivity index (χ4n) is 4.17. The van der Waals surface area contributed by atoms with Crippen LogP contribution in [0.3, 0.4) is 0 Å². The molecule has 8 heteroatoms. The first-order chi connectivity index (χ1) is 12.3. The third-order valence-corrected chi connectivity index (χ3v) is 6.30. The lowest BCUT2D eigenvalue weighted by molar-refractivity contribution is -0.135. The summed E-state index contributed by atoms with van der Waals surface area (Å²) in [6.07, 6.45) is 5.26. The summed E-state index contributed by atoms with van der Waals surface area (Å²) >= 11 is 0. The molecule has 0 bridgehead atoms. The third-order valence-electron chi connectivity index (χ3n) is 6.30. The summed E-state index contributed by atoms with van der Waals surface area (Å²) < 4.78 is 0. The summed E-state index contributed by atoms with van der Waals surface area (Å²) in [7, 11) is 0. The first-order valence-electron chi connectivity index (χ1n) is 10.3. The van der Waals surface area contributed by atoms with E-state index in [1.54, 1.807) is 0 Å². The highest BCUT2D eigenvalue weighted by molar-refractivity contribution is 5.87. The molecule has 2 aliphatic rings. The Bertz CT molecular complexity index is 475. The zero-order valence-corrected chi connectivity index (χ0v) is 19.5. The molecule has 1 aliphatic carbocycles. The van der Waals surface area contributed by atoms with E-state index in [4.69, 9.17) is 5.73 Å². The molecule has 0 radical (unpaired) electrons. The van der Waals surface area contributed by atoms with Crippen LogP contribution in [0.4, 0.5) is 0 Å². The van der Waals surface area contributed by atoms with Crippen LogP contribution in [0.15, 0.2) is 0 Å². The number of nitrogens with zero attached hydrogens (tertiary/aromatic N) is 2. The van der Waals surface area contributed by atoms with Gasteiger partial charge in [-0.05, 0) is 43.4 Å². The molecule has 1 aliphatic heterocycles. The quantitative estimate of drug-likeness (QED) is 0.666. The Labute approximate surface area is 183 Å². The zero-order chi connectivity index (χ0) is 19.3.